The third kappa shape index (κ3) is 6.38. The third-order valence-electron chi connectivity index (χ3n) is 5.18. The van der Waals surface area contributed by atoms with Crippen molar-refractivity contribution in [3.8, 4) is 5.75 Å². The summed E-state index contributed by atoms with van der Waals surface area (Å²) in [4.78, 5) is 29.1. The van der Waals surface area contributed by atoms with Crippen LogP contribution in [-0.2, 0) is 16.0 Å². The summed E-state index contributed by atoms with van der Waals surface area (Å²) in [5, 5.41) is 1.31. The standard InChI is InChI=1S/C23H26Cl2N2O3/c1-17(30-21-10-8-20(25)9-11-21)23(29)27-14-2-13-26(15-16-27)22(28)12-5-18-3-6-19(24)7-4-18/h3-4,6-11,17H,2,5,12-16H2,1H3. The number of rotatable bonds is 6. The molecule has 0 spiro atoms. The summed E-state index contributed by atoms with van der Waals surface area (Å²) in [5.41, 5.74) is 1.09. The summed E-state index contributed by atoms with van der Waals surface area (Å²) in [7, 11) is 0. The van der Waals surface area contributed by atoms with Crippen molar-refractivity contribution in [1.82, 2.24) is 9.80 Å². The summed E-state index contributed by atoms with van der Waals surface area (Å²) < 4.78 is 5.76. The van der Waals surface area contributed by atoms with Crippen molar-refractivity contribution in [3.63, 3.8) is 0 Å². The van der Waals surface area contributed by atoms with Gasteiger partial charge in [-0.3, -0.25) is 9.59 Å². The van der Waals surface area contributed by atoms with Crippen molar-refractivity contribution in [2.24, 2.45) is 0 Å². The Labute approximate surface area is 187 Å². The van der Waals surface area contributed by atoms with E-state index in [0.29, 0.717) is 54.8 Å². The second-order valence-corrected chi connectivity index (χ2v) is 8.27. The predicted molar refractivity (Wildman–Crippen MR) is 119 cm³/mol. The topological polar surface area (TPSA) is 49.9 Å². The first-order valence-electron chi connectivity index (χ1n) is 10.2. The molecule has 2 amide bonds. The average Bonchev–Trinajstić information content (AvgIpc) is 3.00. The predicted octanol–water partition coefficient (Wildman–Crippen LogP) is 4.45. The summed E-state index contributed by atoms with van der Waals surface area (Å²) in [6.45, 7) is 4.08. The molecule has 1 aliphatic heterocycles. The van der Waals surface area contributed by atoms with Gasteiger partial charge in [-0.15, -0.1) is 0 Å². The maximum atomic E-state index is 12.8. The molecule has 0 radical (unpaired) electrons. The molecule has 2 aromatic rings. The number of nitrogens with zero attached hydrogens (tertiary/aromatic N) is 2. The van der Waals surface area contributed by atoms with Gasteiger partial charge in [-0.2, -0.15) is 0 Å². The van der Waals surface area contributed by atoms with E-state index in [9.17, 15) is 9.59 Å². The molecule has 1 saturated heterocycles. The first kappa shape index (κ1) is 22.4. The van der Waals surface area contributed by atoms with Crippen molar-refractivity contribution >= 4 is 35.0 Å². The van der Waals surface area contributed by atoms with Crippen LogP contribution < -0.4 is 4.74 Å². The van der Waals surface area contributed by atoms with Crippen molar-refractivity contribution in [2.45, 2.75) is 32.3 Å². The van der Waals surface area contributed by atoms with E-state index in [4.69, 9.17) is 27.9 Å². The molecule has 1 heterocycles. The monoisotopic (exact) mass is 448 g/mol. The zero-order valence-corrected chi connectivity index (χ0v) is 18.5. The van der Waals surface area contributed by atoms with Crippen molar-refractivity contribution < 1.29 is 14.3 Å². The number of ether oxygens (including phenoxy) is 1. The van der Waals surface area contributed by atoms with Gasteiger partial charge < -0.3 is 14.5 Å². The van der Waals surface area contributed by atoms with E-state index in [2.05, 4.69) is 0 Å². The van der Waals surface area contributed by atoms with Crippen LogP contribution >= 0.6 is 23.2 Å². The first-order chi connectivity index (χ1) is 14.4. The number of amides is 2. The molecule has 7 heteroatoms. The molecule has 0 bridgehead atoms. The van der Waals surface area contributed by atoms with Gasteiger partial charge in [-0.25, -0.2) is 0 Å². The van der Waals surface area contributed by atoms with Gasteiger partial charge in [0, 0.05) is 42.6 Å². The summed E-state index contributed by atoms with van der Waals surface area (Å²) in [6.07, 6.45) is 1.29. The van der Waals surface area contributed by atoms with E-state index >= 15 is 0 Å². The van der Waals surface area contributed by atoms with Gasteiger partial charge >= 0.3 is 0 Å². The Morgan fingerprint density at radius 2 is 1.47 bits per heavy atom. The van der Waals surface area contributed by atoms with Crippen LogP contribution in [0, 0.1) is 0 Å². The Bertz CT molecular complexity index is 856. The minimum atomic E-state index is -0.599. The number of carbonyl (C=O) groups excluding carboxylic acids is 2. The Morgan fingerprint density at radius 1 is 0.900 bits per heavy atom. The highest BCUT2D eigenvalue weighted by Gasteiger charge is 2.26. The maximum absolute atomic E-state index is 12.8. The molecule has 3 rings (SSSR count). The molecule has 30 heavy (non-hydrogen) atoms. The van der Waals surface area contributed by atoms with Crippen LogP contribution in [0.2, 0.25) is 10.0 Å². The van der Waals surface area contributed by atoms with Gasteiger partial charge in [0.05, 0.1) is 0 Å². The van der Waals surface area contributed by atoms with Gasteiger partial charge in [-0.1, -0.05) is 35.3 Å². The molecule has 1 unspecified atom stereocenters. The second kappa shape index (κ2) is 10.7. The maximum Gasteiger partial charge on any atom is 0.263 e. The van der Waals surface area contributed by atoms with Crippen LogP contribution in [0.15, 0.2) is 48.5 Å². The quantitative estimate of drug-likeness (QED) is 0.655. The van der Waals surface area contributed by atoms with Gasteiger partial charge in [0.2, 0.25) is 5.91 Å². The fourth-order valence-corrected chi connectivity index (χ4v) is 3.72. The van der Waals surface area contributed by atoms with Gasteiger partial charge in [0.1, 0.15) is 5.75 Å². The molecular weight excluding hydrogens is 423 g/mol. The number of hydrogen-bond acceptors (Lipinski definition) is 3. The molecule has 0 saturated carbocycles. The van der Waals surface area contributed by atoms with Gasteiger partial charge in [0.25, 0.3) is 5.91 Å². The SMILES string of the molecule is CC(Oc1ccc(Cl)cc1)C(=O)N1CCCN(C(=O)CCc2ccc(Cl)cc2)CC1. The van der Waals surface area contributed by atoms with Crippen molar-refractivity contribution in [3.05, 3.63) is 64.1 Å². The molecule has 5 nitrogen and oxygen atoms in total. The van der Waals surface area contributed by atoms with Crippen LogP contribution in [0.5, 0.6) is 5.75 Å². The van der Waals surface area contributed by atoms with E-state index in [1.54, 1.807) is 36.1 Å². The fourth-order valence-electron chi connectivity index (χ4n) is 3.47. The molecular formula is C23H26Cl2N2O3. The summed E-state index contributed by atoms with van der Waals surface area (Å²) in [5.74, 6) is 0.652. The number of benzene rings is 2. The lowest BCUT2D eigenvalue weighted by Crippen LogP contribution is -2.43. The van der Waals surface area contributed by atoms with Gasteiger partial charge in [-0.05, 0) is 61.7 Å². The van der Waals surface area contributed by atoms with E-state index < -0.39 is 6.10 Å². The smallest absolute Gasteiger partial charge is 0.263 e. The lowest BCUT2D eigenvalue weighted by Gasteiger charge is -2.25. The number of halogens is 2. The fraction of sp³-hybridized carbons (Fsp3) is 0.391. The Kier molecular flexibility index (Phi) is 8.00. The van der Waals surface area contributed by atoms with E-state index in [-0.39, 0.29) is 11.8 Å². The van der Waals surface area contributed by atoms with Crippen LogP contribution in [0.25, 0.3) is 0 Å². The minimum Gasteiger partial charge on any atom is -0.481 e. The highest BCUT2D eigenvalue weighted by molar-refractivity contribution is 6.30. The van der Waals surface area contributed by atoms with Crippen molar-refractivity contribution in [2.75, 3.05) is 26.2 Å². The van der Waals surface area contributed by atoms with E-state index in [1.165, 1.54) is 0 Å². The third-order valence-corrected chi connectivity index (χ3v) is 5.68. The van der Waals surface area contributed by atoms with E-state index in [1.807, 2.05) is 29.2 Å². The summed E-state index contributed by atoms with van der Waals surface area (Å²) >= 11 is 11.8. The minimum absolute atomic E-state index is 0.0691. The normalized spacial score (nSPS) is 15.4. The van der Waals surface area contributed by atoms with Crippen LogP contribution in [0.1, 0.15) is 25.3 Å². The lowest BCUT2D eigenvalue weighted by molar-refractivity contribution is -0.138. The molecule has 0 aliphatic carbocycles. The van der Waals surface area contributed by atoms with Crippen LogP contribution in [0.4, 0.5) is 0 Å². The molecule has 1 fully saturated rings. The molecule has 1 aliphatic rings. The largest absolute Gasteiger partial charge is 0.481 e. The number of carbonyl (C=O) groups is 2. The number of hydrogen-bond donors (Lipinski definition) is 0. The number of aryl methyl sites for hydroxylation is 1. The van der Waals surface area contributed by atoms with Crippen LogP contribution in [0.3, 0.4) is 0 Å². The highest BCUT2D eigenvalue weighted by Crippen LogP contribution is 2.18. The first-order valence-corrected chi connectivity index (χ1v) is 10.9. The average molecular weight is 449 g/mol. The van der Waals surface area contributed by atoms with E-state index in [0.717, 1.165) is 12.0 Å². The highest BCUT2D eigenvalue weighted by atomic mass is 35.5. The molecule has 1 atom stereocenters. The Hall–Kier alpha value is -2.24. The lowest BCUT2D eigenvalue weighted by atomic mass is 10.1. The Balaban J connectivity index is 1.48. The zero-order valence-electron chi connectivity index (χ0n) is 17.0. The molecule has 0 N–H and O–H groups in total. The van der Waals surface area contributed by atoms with Crippen molar-refractivity contribution in [1.29, 1.82) is 0 Å². The zero-order chi connectivity index (χ0) is 21.5. The van der Waals surface area contributed by atoms with Crippen LogP contribution in [-0.4, -0.2) is 53.9 Å². The molecule has 160 valence electrons. The Morgan fingerprint density at radius 3 is 2.13 bits per heavy atom. The van der Waals surface area contributed by atoms with Gasteiger partial charge in [0.15, 0.2) is 6.10 Å². The molecule has 2 aromatic carbocycles. The molecule has 0 aromatic heterocycles. The second-order valence-electron chi connectivity index (χ2n) is 7.40. The summed E-state index contributed by atoms with van der Waals surface area (Å²) in [6, 6.07) is 14.5.